The number of benzene rings is 1. The van der Waals surface area contributed by atoms with Gasteiger partial charge in [0.25, 0.3) is 0 Å². The molecule has 5 heteroatoms. The maximum Gasteiger partial charge on any atom is 0.416 e. The fourth-order valence-electron chi connectivity index (χ4n) is 1.17. The monoisotopic (exact) mass is 232 g/mol. The third kappa shape index (κ3) is 2.88. The van der Waals surface area contributed by atoms with E-state index in [2.05, 4.69) is 0 Å². The van der Waals surface area contributed by atoms with E-state index in [0.29, 0.717) is 5.06 Å². The van der Waals surface area contributed by atoms with Crippen LogP contribution in [0.15, 0.2) is 24.3 Å². The van der Waals surface area contributed by atoms with Gasteiger partial charge in [-0.3, -0.25) is 0 Å². The molecule has 0 atom stereocenters. The fourth-order valence-corrected chi connectivity index (χ4v) is 1.17. The summed E-state index contributed by atoms with van der Waals surface area (Å²) in [5.74, 6) is 0. The number of hydrogen-bond acceptors (Lipinski definition) is 1. The first-order valence-corrected chi connectivity index (χ1v) is 4.77. The van der Waals surface area contributed by atoms with E-state index in [4.69, 9.17) is 0 Å². The van der Waals surface area contributed by atoms with Gasteiger partial charge in [-0.25, -0.2) is 5.06 Å². The van der Waals surface area contributed by atoms with Gasteiger partial charge < -0.3 is 0 Å². The molecule has 0 bridgehead atoms. The van der Waals surface area contributed by atoms with E-state index >= 15 is 0 Å². The van der Waals surface area contributed by atoms with Crippen LogP contribution in [0.3, 0.4) is 0 Å². The van der Waals surface area contributed by atoms with Gasteiger partial charge in [0.2, 0.25) is 0 Å². The van der Waals surface area contributed by atoms with Crippen LogP contribution in [0.2, 0.25) is 0 Å². The summed E-state index contributed by atoms with van der Waals surface area (Å²) in [6.07, 6.45) is -4.37. The standard InChI is InChI=1S/C11H13F3NO/c1-10(2,3)15(16)9-6-4-8(5-7-9)11(12,13)14/h4-7H,1-3H3. The smallest absolute Gasteiger partial charge is 0.215 e. The quantitative estimate of drug-likeness (QED) is 0.678. The highest BCUT2D eigenvalue weighted by Gasteiger charge is 2.30. The van der Waals surface area contributed by atoms with Gasteiger partial charge in [-0.05, 0) is 45.0 Å². The minimum Gasteiger partial charge on any atom is -0.215 e. The number of alkyl halides is 3. The number of nitrogens with zero attached hydrogens (tertiary/aromatic N) is 1. The predicted molar refractivity (Wildman–Crippen MR) is 54.4 cm³/mol. The molecular formula is C11H13F3NO. The molecule has 0 saturated carbocycles. The van der Waals surface area contributed by atoms with Crippen molar-refractivity contribution in [1.82, 2.24) is 0 Å². The molecule has 0 N–H and O–H groups in total. The van der Waals surface area contributed by atoms with Crippen LogP contribution in [0.25, 0.3) is 0 Å². The van der Waals surface area contributed by atoms with Gasteiger partial charge in [-0.15, -0.1) is 0 Å². The Morgan fingerprint density at radius 1 is 1.00 bits per heavy atom. The number of halogens is 3. The van der Waals surface area contributed by atoms with Crippen LogP contribution < -0.4 is 5.06 Å². The molecule has 0 saturated heterocycles. The molecule has 1 aromatic carbocycles. The Bertz CT molecular complexity index is 351. The Labute approximate surface area is 92.3 Å². The molecule has 0 spiro atoms. The number of rotatable bonds is 1. The van der Waals surface area contributed by atoms with Gasteiger partial charge in [0.1, 0.15) is 0 Å². The fraction of sp³-hybridized carbons (Fsp3) is 0.455. The molecule has 0 aliphatic heterocycles. The summed E-state index contributed by atoms with van der Waals surface area (Å²) >= 11 is 0. The summed E-state index contributed by atoms with van der Waals surface area (Å²) in [4.78, 5) is 0. The van der Waals surface area contributed by atoms with Crippen LogP contribution in [0.5, 0.6) is 0 Å². The highest BCUT2D eigenvalue weighted by Crippen LogP contribution is 2.31. The van der Waals surface area contributed by atoms with E-state index in [1.54, 1.807) is 20.8 Å². The molecule has 16 heavy (non-hydrogen) atoms. The van der Waals surface area contributed by atoms with Crippen LogP contribution in [0, 0.1) is 0 Å². The highest BCUT2D eigenvalue weighted by molar-refractivity contribution is 5.47. The van der Waals surface area contributed by atoms with Crippen molar-refractivity contribution in [3.05, 3.63) is 29.8 Å². The lowest BCUT2D eigenvalue weighted by Gasteiger charge is -2.28. The van der Waals surface area contributed by atoms with E-state index in [0.717, 1.165) is 12.1 Å². The Morgan fingerprint density at radius 3 is 1.75 bits per heavy atom. The van der Waals surface area contributed by atoms with E-state index in [9.17, 15) is 18.4 Å². The van der Waals surface area contributed by atoms with E-state index < -0.39 is 17.3 Å². The van der Waals surface area contributed by atoms with Gasteiger partial charge in [0.05, 0.1) is 16.8 Å². The first-order chi connectivity index (χ1) is 7.12. The topological polar surface area (TPSA) is 23.1 Å². The summed E-state index contributed by atoms with van der Waals surface area (Å²) in [7, 11) is 0. The molecule has 0 aliphatic carbocycles. The summed E-state index contributed by atoms with van der Waals surface area (Å²) in [6.45, 7) is 5.08. The van der Waals surface area contributed by atoms with Gasteiger partial charge >= 0.3 is 6.18 Å². The lowest BCUT2D eigenvalue weighted by atomic mass is 10.1. The van der Waals surface area contributed by atoms with Crippen molar-refractivity contribution in [1.29, 1.82) is 0 Å². The maximum atomic E-state index is 12.3. The van der Waals surface area contributed by atoms with Crippen LogP contribution >= 0.6 is 0 Å². The Balaban J connectivity index is 2.96. The SMILES string of the molecule is CC(C)(C)N([O])c1ccc(C(F)(F)F)cc1. The summed E-state index contributed by atoms with van der Waals surface area (Å²) < 4.78 is 36.8. The van der Waals surface area contributed by atoms with Crippen LogP contribution in [0.1, 0.15) is 26.3 Å². The first kappa shape index (κ1) is 12.8. The van der Waals surface area contributed by atoms with E-state index in [1.165, 1.54) is 12.1 Å². The number of anilines is 1. The van der Waals surface area contributed by atoms with Crippen molar-refractivity contribution in [3.8, 4) is 0 Å². The maximum absolute atomic E-state index is 12.3. The molecule has 89 valence electrons. The molecule has 0 aliphatic rings. The molecule has 0 heterocycles. The summed E-state index contributed by atoms with van der Waals surface area (Å²) in [5.41, 5.74) is -1.20. The average Bonchev–Trinajstić information content (AvgIpc) is 2.14. The second-order valence-electron chi connectivity index (χ2n) is 4.51. The molecule has 0 unspecified atom stereocenters. The molecule has 1 rings (SSSR count). The molecular weight excluding hydrogens is 219 g/mol. The van der Waals surface area contributed by atoms with Crippen molar-refractivity contribution >= 4 is 5.69 Å². The van der Waals surface area contributed by atoms with Gasteiger partial charge in [-0.1, -0.05) is 5.21 Å². The third-order valence-electron chi connectivity index (χ3n) is 2.04. The number of hydroxylamine groups is 1. The van der Waals surface area contributed by atoms with Crippen LogP contribution in [-0.4, -0.2) is 5.54 Å². The normalized spacial score (nSPS) is 12.7. The van der Waals surface area contributed by atoms with E-state index in [1.807, 2.05) is 0 Å². The molecule has 0 amide bonds. The van der Waals surface area contributed by atoms with Crippen molar-refractivity contribution in [2.75, 3.05) is 5.06 Å². The average molecular weight is 232 g/mol. The molecule has 2 nitrogen and oxygen atoms in total. The second kappa shape index (κ2) is 3.97. The first-order valence-electron chi connectivity index (χ1n) is 4.77. The third-order valence-corrected chi connectivity index (χ3v) is 2.04. The van der Waals surface area contributed by atoms with Gasteiger partial charge in [0, 0.05) is 0 Å². The van der Waals surface area contributed by atoms with Crippen molar-refractivity contribution in [3.63, 3.8) is 0 Å². The minimum atomic E-state index is -4.37. The Kier molecular flexibility index (Phi) is 3.19. The van der Waals surface area contributed by atoms with Crippen LogP contribution in [-0.2, 0) is 11.4 Å². The van der Waals surface area contributed by atoms with Crippen molar-refractivity contribution < 1.29 is 18.4 Å². The van der Waals surface area contributed by atoms with E-state index in [-0.39, 0.29) is 5.69 Å². The summed E-state index contributed by atoms with van der Waals surface area (Å²) in [6, 6.07) is 4.18. The van der Waals surface area contributed by atoms with Gasteiger partial charge in [-0.2, -0.15) is 13.2 Å². The zero-order valence-corrected chi connectivity index (χ0v) is 9.30. The van der Waals surface area contributed by atoms with Crippen molar-refractivity contribution in [2.24, 2.45) is 0 Å². The zero-order valence-electron chi connectivity index (χ0n) is 9.30. The molecule has 0 aromatic heterocycles. The van der Waals surface area contributed by atoms with Gasteiger partial charge in [0.15, 0.2) is 0 Å². The lowest BCUT2D eigenvalue weighted by molar-refractivity contribution is -0.137. The Hall–Kier alpha value is -1.23. The molecule has 0 fully saturated rings. The lowest BCUT2D eigenvalue weighted by Crippen LogP contribution is -2.37. The molecule has 1 aromatic rings. The predicted octanol–water partition coefficient (Wildman–Crippen LogP) is 3.66. The Morgan fingerprint density at radius 2 is 1.44 bits per heavy atom. The molecule has 1 radical (unpaired) electrons. The minimum absolute atomic E-state index is 0.223. The van der Waals surface area contributed by atoms with Crippen LogP contribution in [0.4, 0.5) is 18.9 Å². The summed E-state index contributed by atoms with van der Waals surface area (Å²) in [5, 5.41) is 12.4. The second-order valence-corrected chi connectivity index (χ2v) is 4.51. The highest BCUT2D eigenvalue weighted by atomic mass is 19.4. The largest absolute Gasteiger partial charge is 0.416 e. The number of hydrogen-bond donors (Lipinski definition) is 0. The van der Waals surface area contributed by atoms with Crippen molar-refractivity contribution in [2.45, 2.75) is 32.5 Å². The zero-order chi connectivity index (χ0) is 12.6.